The standard InChI is InChI=1S/C28H20ClF3N8O/c1-15(25-38-21-9-5-8-20(29)23(21)26(41)40(25)18-6-3-2-4-7-18)37-27-36-14-17(24(34)39-27)11-10-16-13-35-22(33)12-19(16)28(30,31)32/h2-9,12-15H,1H3,(H2,33,35)(H3,34,36,37,39). The van der Waals surface area contributed by atoms with E-state index in [1.165, 1.54) is 10.8 Å². The van der Waals surface area contributed by atoms with Crippen molar-refractivity contribution < 1.29 is 13.2 Å². The van der Waals surface area contributed by atoms with E-state index < -0.39 is 17.8 Å². The van der Waals surface area contributed by atoms with Crippen LogP contribution in [0, 0.1) is 11.8 Å². The van der Waals surface area contributed by atoms with Crippen molar-refractivity contribution in [1.29, 1.82) is 0 Å². The monoisotopic (exact) mass is 576 g/mol. The van der Waals surface area contributed by atoms with Crippen molar-refractivity contribution in [2.75, 3.05) is 16.8 Å². The van der Waals surface area contributed by atoms with Gasteiger partial charge in [0.1, 0.15) is 17.5 Å². The number of rotatable bonds is 4. The van der Waals surface area contributed by atoms with Gasteiger partial charge in [0.15, 0.2) is 0 Å². The van der Waals surface area contributed by atoms with Gasteiger partial charge < -0.3 is 16.8 Å². The Hall–Kier alpha value is -5.15. The maximum atomic E-state index is 13.6. The van der Waals surface area contributed by atoms with Gasteiger partial charge in [-0.1, -0.05) is 47.7 Å². The van der Waals surface area contributed by atoms with Gasteiger partial charge in [-0.05, 0) is 37.3 Å². The number of hydrogen-bond acceptors (Lipinski definition) is 8. The Morgan fingerprint density at radius 1 is 0.976 bits per heavy atom. The minimum absolute atomic E-state index is 0.0714. The van der Waals surface area contributed by atoms with E-state index in [-0.39, 0.29) is 44.7 Å². The van der Waals surface area contributed by atoms with Crippen LogP contribution in [-0.2, 0) is 6.18 Å². The number of nitrogens with one attached hydrogen (secondary N) is 1. The highest BCUT2D eigenvalue weighted by molar-refractivity contribution is 6.35. The second-order valence-corrected chi connectivity index (χ2v) is 9.25. The molecule has 0 aliphatic heterocycles. The molecule has 3 heterocycles. The number of fused-ring (bicyclic) bond motifs is 1. The van der Waals surface area contributed by atoms with Crippen LogP contribution >= 0.6 is 11.6 Å². The molecule has 41 heavy (non-hydrogen) atoms. The number of benzene rings is 2. The van der Waals surface area contributed by atoms with Gasteiger partial charge in [0, 0.05) is 6.20 Å². The molecule has 0 bridgehead atoms. The fraction of sp³-hybridized carbons (Fsp3) is 0.107. The number of anilines is 3. The van der Waals surface area contributed by atoms with Crippen LogP contribution in [0.1, 0.15) is 35.5 Å². The van der Waals surface area contributed by atoms with E-state index in [9.17, 15) is 18.0 Å². The molecule has 0 spiro atoms. The molecule has 2 aromatic carbocycles. The lowest BCUT2D eigenvalue weighted by molar-refractivity contribution is -0.137. The lowest BCUT2D eigenvalue weighted by Crippen LogP contribution is -2.27. The Kier molecular flexibility index (Phi) is 7.21. The summed E-state index contributed by atoms with van der Waals surface area (Å²) in [6, 6.07) is 14.1. The predicted molar refractivity (Wildman–Crippen MR) is 150 cm³/mol. The van der Waals surface area contributed by atoms with E-state index in [0.29, 0.717) is 23.1 Å². The van der Waals surface area contributed by atoms with Gasteiger partial charge in [-0.3, -0.25) is 9.36 Å². The molecule has 0 radical (unpaired) electrons. The molecule has 5 rings (SSSR count). The summed E-state index contributed by atoms with van der Waals surface area (Å²) in [5.74, 6) is 5.07. The Morgan fingerprint density at radius 3 is 2.39 bits per heavy atom. The van der Waals surface area contributed by atoms with Crippen LogP contribution in [-0.4, -0.2) is 24.5 Å². The van der Waals surface area contributed by atoms with Gasteiger partial charge >= 0.3 is 6.18 Å². The van der Waals surface area contributed by atoms with E-state index in [0.717, 1.165) is 6.20 Å². The Balaban J connectivity index is 1.49. The van der Waals surface area contributed by atoms with E-state index in [1.54, 1.807) is 49.4 Å². The molecule has 1 unspecified atom stereocenters. The highest BCUT2D eigenvalue weighted by Crippen LogP contribution is 2.32. The first kappa shape index (κ1) is 27.4. The van der Waals surface area contributed by atoms with Crippen molar-refractivity contribution in [2.45, 2.75) is 19.1 Å². The van der Waals surface area contributed by atoms with Crippen molar-refractivity contribution in [3.05, 3.63) is 105 Å². The third-order valence-corrected chi connectivity index (χ3v) is 6.32. The molecular formula is C28H20ClF3N8O. The second kappa shape index (κ2) is 10.8. The smallest absolute Gasteiger partial charge is 0.384 e. The third-order valence-electron chi connectivity index (χ3n) is 6.00. The van der Waals surface area contributed by atoms with Gasteiger partial charge in [0.05, 0.1) is 50.5 Å². The predicted octanol–water partition coefficient (Wildman–Crippen LogP) is 4.98. The summed E-state index contributed by atoms with van der Waals surface area (Å²) in [6.07, 6.45) is -2.45. The van der Waals surface area contributed by atoms with Crippen LogP contribution in [0.2, 0.25) is 5.02 Å². The van der Waals surface area contributed by atoms with Crippen LogP contribution in [0.5, 0.6) is 0 Å². The molecule has 0 fully saturated rings. The topological polar surface area (TPSA) is 138 Å². The Bertz CT molecular complexity index is 1900. The number of nitrogens with two attached hydrogens (primary N) is 2. The number of para-hydroxylation sites is 1. The summed E-state index contributed by atoms with van der Waals surface area (Å²) in [4.78, 5) is 30.4. The number of alkyl halides is 3. The zero-order chi connectivity index (χ0) is 29.3. The molecule has 0 aliphatic carbocycles. The second-order valence-electron chi connectivity index (χ2n) is 8.84. The van der Waals surface area contributed by atoms with Crippen LogP contribution < -0.4 is 22.3 Å². The molecule has 3 aromatic heterocycles. The van der Waals surface area contributed by atoms with E-state index in [4.69, 9.17) is 28.1 Å². The van der Waals surface area contributed by atoms with Gasteiger partial charge in [0.2, 0.25) is 5.95 Å². The van der Waals surface area contributed by atoms with Crippen LogP contribution in [0.25, 0.3) is 16.6 Å². The first-order valence-corrected chi connectivity index (χ1v) is 12.4. The maximum absolute atomic E-state index is 13.6. The van der Waals surface area contributed by atoms with Crippen LogP contribution in [0.15, 0.2) is 71.8 Å². The molecular weight excluding hydrogens is 557 g/mol. The Labute approximate surface area is 236 Å². The Morgan fingerprint density at radius 2 is 1.68 bits per heavy atom. The molecule has 0 saturated heterocycles. The zero-order valence-corrected chi connectivity index (χ0v) is 22.0. The fourth-order valence-corrected chi connectivity index (χ4v) is 4.33. The molecule has 206 valence electrons. The van der Waals surface area contributed by atoms with Crippen molar-refractivity contribution in [2.24, 2.45) is 0 Å². The minimum atomic E-state index is -4.67. The van der Waals surface area contributed by atoms with Crippen molar-refractivity contribution in [3.63, 3.8) is 0 Å². The molecule has 13 heteroatoms. The molecule has 5 aromatic rings. The summed E-state index contributed by atoms with van der Waals surface area (Å²) in [6.45, 7) is 1.76. The molecule has 0 saturated carbocycles. The lowest BCUT2D eigenvalue weighted by Gasteiger charge is -2.20. The maximum Gasteiger partial charge on any atom is 0.417 e. The zero-order valence-electron chi connectivity index (χ0n) is 21.2. The van der Waals surface area contributed by atoms with Crippen molar-refractivity contribution >= 4 is 40.1 Å². The summed E-state index contributed by atoms with van der Waals surface area (Å²) >= 11 is 6.34. The lowest BCUT2D eigenvalue weighted by atomic mass is 10.1. The number of hydrogen-bond donors (Lipinski definition) is 3. The van der Waals surface area contributed by atoms with Gasteiger partial charge in [-0.15, -0.1) is 0 Å². The van der Waals surface area contributed by atoms with Crippen LogP contribution in [0.4, 0.5) is 30.8 Å². The van der Waals surface area contributed by atoms with E-state index in [2.05, 4.69) is 32.1 Å². The summed E-state index contributed by atoms with van der Waals surface area (Å²) in [7, 11) is 0. The minimum Gasteiger partial charge on any atom is -0.384 e. The summed E-state index contributed by atoms with van der Waals surface area (Å²) in [5, 5.41) is 3.63. The summed E-state index contributed by atoms with van der Waals surface area (Å²) < 4.78 is 41.6. The third kappa shape index (κ3) is 5.61. The van der Waals surface area contributed by atoms with E-state index >= 15 is 0 Å². The normalized spacial score (nSPS) is 12.0. The number of halogens is 4. The summed E-state index contributed by atoms with van der Waals surface area (Å²) in [5.41, 5.74) is 10.8. The highest BCUT2D eigenvalue weighted by atomic mass is 35.5. The van der Waals surface area contributed by atoms with Gasteiger partial charge in [0.25, 0.3) is 5.56 Å². The highest BCUT2D eigenvalue weighted by Gasteiger charge is 2.33. The van der Waals surface area contributed by atoms with Crippen molar-refractivity contribution in [1.82, 2.24) is 24.5 Å². The average Bonchev–Trinajstić information content (AvgIpc) is 2.93. The number of aromatic nitrogens is 5. The van der Waals surface area contributed by atoms with E-state index in [1.807, 2.05) is 6.07 Å². The molecule has 1 atom stereocenters. The number of pyridine rings is 1. The molecule has 5 N–H and O–H groups in total. The van der Waals surface area contributed by atoms with Crippen LogP contribution in [0.3, 0.4) is 0 Å². The molecule has 0 amide bonds. The first-order valence-electron chi connectivity index (χ1n) is 12.0. The first-order chi connectivity index (χ1) is 19.5. The number of nitrogens with zero attached hydrogens (tertiary/aromatic N) is 5. The average molecular weight is 577 g/mol. The van der Waals surface area contributed by atoms with Crippen molar-refractivity contribution in [3.8, 4) is 17.5 Å². The molecule has 0 aliphatic rings. The van der Waals surface area contributed by atoms with Gasteiger partial charge in [-0.2, -0.15) is 18.2 Å². The SMILES string of the molecule is CC(Nc1ncc(C#Cc2cnc(N)cc2C(F)(F)F)c(N)n1)c1nc2cccc(Cl)c2c(=O)n1-c1ccccc1. The quantitative estimate of drug-likeness (QED) is 0.255. The fourth-order valence-electron chi connectivity index (χ4n) is 4.08. The largest absolute Gasteiger partial charge is 0.417 e. The molecule has 9 nitrogen and oxygen atoms in total. The number of nitrogen functional groups attached to an aromatic ring is 2. The van der Waals surface area contributed by atoms with Gasteiger partial charge in [-0.25, -0.2) is 15.0 Å².